The van der Waals surface area contributed by atoms with Crippen molar-refractivity contribution in [3.8, 4) is 0 Å². The Morgan fingerprint density at radius 3 is 1.41 bits per heavy atom. The van der Waals surface area contributed by atoms with Gasteiger partial charge in [-0.05, 0) is 295 Å². The van der Waals surface area contributed by atoms with Crippen LogP contribution in [0.1, 0.15) is 297 Å². The van der Waals surface area contributed by atoms with Crippen LogP contribution in [0.25, 0.3) is 54.3 Å². The van der Waals surface area contributed by atoms with Crippen LogP contribution in [-0.4, -0.2) is 31.5 Å². The number of pyridine rings is 3. The fourth-order valence-electron chi connectivity index (χ4n) is 16.4. The van der Waals surface area contributed by atoms with E-state index in [0.717, 1.165) is 105 Å². The van der Waals surface area contributed by atoms with Crippen LogP contribution >= 0.6 is 11.3 Å². The zero-order chi connectivity index (χ0) is 102. The molecule has 0 spiro atoms. The van der Waals surface area contributed by atoms with Gasteiger partial charge in [-0.25, -0.2) is 0 Å². The fourth-order valence-corrected chi connectivity index (χ4v) is 17.1. The smallest absolute Gasteiger partial charge is 0.0716 e. The van der Waals surface area contributed by atoms with Crippen molar-refractivity contribution in [2.45, 2.75) is 312 Å². The number of hydrogen-bond donors (Lipinski definition) is 2. The number of aryl methyl sites for hydroxylation is 15. The third-order valence-electron chi connectivity index (χ3n) is 26.3. The molecule has 17 aromatic rings. The van der Waals surface area contributed by atoms with Crippen molar-refractivity contribution in [1.29, 1.82) is 0 Å². The Bertz CT molecular complexity index is 5780. The average Bonchev–Trinajstić information content (AvgIpc) is 1.65. The van der Waals surface area contributed by atoms with Crippen LogP contribution < -0.4 is 0 Å². The summed E-state index contributed by atoms with van der Waals surface area (Å²) in [7, 11) is 0. The molecule has 0 amide bonds. The van der Waals surface area contributed by atoms with Gasteiger partial charge in [0.1, 0.15) is 0 Å². The van der Waals surface area contributed by atoms with Gasteiger partial charge in [-0.3, -0.25) is 15.0 Å². The highest BCUT2D eigenvalue weighted by Crippen LogP contribution is 2.29. The molecular weight excluding hydrogens is 1740 g/mol. The Kier molecular flexibility index (Phi) is 61.6. The Balaban J connectivity index is 0.000000234. The van der Waals surface area contributed by atoms with E-state index in [1.807, 2.05) is 91.3 Å². The predicted molar refractivity (Wildman–Crippen MR) is 628 cm³/mol. The second-order valence-electron chi connectivity index (χ2n) is 37.6. The van der Waals surface area contributed by atoms with Crippen LogP contribution in [0.4, 0.5) is 0 Å². The number of para-hydroxylation sites is 3. The Hall–Kier alpha value is -11.6. The van der Waals surface area contributed by atoms with Crippen molar-refractivity contribution < 1.29 is 4.74 Å². The number of nitrogens with zero attached hydrogens (tertiary/aromatic N) is 3. The number of benzene rings is 11. The minimum atomic E-state index is 0.733. The minimum absolute atomic E-state index is 0.733. The molecule has 0 bridgehead atoms. The molecule has 0 radical (unpaired) electrons. The lowest BCUT2D eigenvalue weighted by atomic mass is 9.88. The Morgan fingerprint density at radius 1 is 0.359 bits per heavy atom. The van der Waals surface area contributed by atoms with E-state index in [2.05, 4.69) is 423 Å². The van der Waals surface area contributed by atoms with E-state index in [9.17, 15) is 0 Å². The first-order chi connectivity index (χ1) is 69.3. The number of rotatable bonds is 16. The lowest BCUT2D eigenvalue weighted by molar-refractivity contribution is 0.134. The van der Waals surface area contributed by atoms with Gasteiger partial charge in [0.15, 0.2) is 0 Å². The van der Waals surface area contributed by atoms with Crippen LogP contribution in [-0.2, 0) is 101 Å². The second kappa shape index (κ2) is 73.5. The van der Waals surface area contributed by atoms with Gasteiger partial charge in [-0.15, -0.1) is 11.3 Å². The molecule has 0 unspecified atom stereocenters. The van der Waals surface area contributed by atoms with Crippen LogP contribution in [0.3, 0.4) is 0 Å². The van der Waals surface area contributed by atoms with Gasteiger partial charge in [0.2, 0.25) is 0 Å². The number of aromatic amines is 2. The van der Waals surface area contributed by atoms with Crippen molar-refractivity contribution in [1.82, 2.24) is 24.9 Å². The molecule has 2 N–H and O–H groups in total. The minimum Gasteiger partial charge on any atom is -0.377 e. The Morgan fingerprint density at radius 2 is 0.880 bits per heavy atom. The number of fused-ring (bicyclic) bond motifs is 7. The molecule has 0 atom stereocenters. The molecule has 1 fully saturated rings. The van der Waals surface area contributed by atoms with Crippen LogP contribution in [0.5, 0.6) is 0 Å². The topological polar surface area (TPSA) is 79.5 Å². The van der Waals surface area contributed by atoms with Gasteiger partial charge in [-0.1, -0.05) is 443 Å². The maximum atomic E-state index is 5.22. The summed E-state index contributed by atoms with van der Waals surface area (Å²) in [6.07, 6.45) is 40.9. The molecule has 6 aromatic heterocycles. The van der Waals surface area contributed by atoms with E-state index >= 15 is 0 Å². The van der Waals surface area contributed by atoms with Gasteiger partial charge in [0, 0.05) is 80.5 Å². The van der Waals surface area contributed by atoms with E-state index in [1.165, 1.54) is 219 Å². The number of nitrogens with one attached hydrogen (secondary N) is 2. The number of aromatic nitrogens is 5. The highest BCUT2D eigenvalue weighted by molar-refractivity contribution is 7.09. The lowest BCUT2D eigenvalue weighted by Gasteiger charge is -2.18. The molecule has 142 heavy (non-hydrogen) atoms. The molecule has 7 heteroatoms. The maximum absolute atomic E-state index is 5.22. The standard InChI is InChI=1S/C12H16.C12H12.C12H16.C12H12.C11H13N.C11H11N.C10H11N.C9H12O.C8H16.C8H10.2C7H9N.C6H8S.2C5H12/c1-10-6-8-11-4-2-3-5-12(11)9-7-10;1-2-10-7-5-8-11-6-3-4-9-12(10)11;2*1-2-10-7-8-11-5-3-4-6-12(11)9-10;1-3-9-8(2)12-11-7-5-4-6-10(9)11;1-2-10-8-7-9-5-3-4-6-11(9)12-10;1-2-8-7-11-10-6-4-3-5-9(8)10;1-2-10-8-9-6-4-3-5-7-9;2*1-2-8-6-4-3-5-7-8;1-2-7-4-3-5-8-6-7;1-2-7-5-3-4-6-8-7;1-2-6-4-3-5-7-6;2*1-4-5(2)3/h2-5,10H,6-9H2,1H3;3-9H,2H2,1H3;7-9H,2-6H2,1H3;3-9H,2H2,1H3;4-7,12H,3H2,1-2H3;3-8H,2H2,1H3;3-7,11H,2H2,1H3;3-7H,2,8H2,1H3;8H,2-7H2,1H3;3-7H,2H2,1H3;2*3-6H,2H2,1H3;3-5H,2H2,1H3;2*5H,4H2,1-3H3. The van der Waals surface area contributed by atoms with Crippen molar-refractivity contribution in [3.05, 3.63) is 434 Å². The summed E-state index contributed by atoms with van der Waals surface area (Å²) in [5, 5.41) is 11.5. The number of ether oxygens (including phenoxy) is 1. The second-order valence-corrected chi connectivity index (χ2v) is 38.7. The zero-order valence-corrected chi connectivity index (χ0v) is 92.0. The molecule has 0 saturated heterocycles. The van der Waals surface area contributed by atoms with Gasteiger partial charge < -0.3 is 14.7 Å². The number of thiophene rings is 1. The van der Waals surface area contributed by atoms with Gasteiger partial charge in [0.25, 0.3) is 0 Å². The van der Waals surface area contributed by atoms with Crippen molar-refractivity contribution >= 4 is 65.6 Å². The number of hydrogen-bond acceptors (Lipinski definition) is 5. The van der Waals surface area contributed by atoms with Crippen LogP contribution in [0.15, 0.2) is 346 Å². The Labute approximate surface area is 865 Å². The quantitative estimate of drug-likeness (QED) is 0.0945. The van der Waals surface area contributed by atoms with Crippen molar-refractivity contribution in [2.24, 2.45) is 23.7 Å². The third kappa shape index (κ3) is 47.1. The third-order valence-corrected chi connectivity index (χ3v) is 27.4. The molecule has 756 valence electrons. The first-order valence-corrected chi connectivity index (χ1v) is 55.3. The molecule has 3 aliphatic carbocycles. The summed E-state index contributed by atoms with van der Waals surface area (Å²) in [4.78, 5) is 20.6. The van der Waals surface area contributed by atoms with E-state index in [-0.39, 0.29) is 0 Å². The molecule has 1 saturated carbocycles. The lowest BCUT2D eigenvalue weighted by Crippen LogP contribution is -2.03. The van der Waals surface area contributed by atoms with E-state index in [1.54, 1.807) is 28.5 Å². The van der Waals surface area contributed by atoms with Gasteiger partial charge in [0.05, 0.1) is 12.1 Å². The monoisotopic (exact) mass is 1920 g/mol. The van der Waals surface area contributed by atoms with Crippen molar-refractivity contribution in [3.63, 3.8) is 0 Å². The van der Waals surface area contributed by atoms with Gasteiger partial charge >= 0.3 is 0 Å². The van der Waals surface area contributed by atoms with E-state index in [0.29, 0.717) is 0 Å². The van der Waals surface area contributed by atoms with Crippen molar-refractivity contribution in [2.75, 3.05) is 6.61 Å². The summed E-state index contributed by atoms with van der Waals surface area (Å²) >= 11 is 1.82. The number of H-pyrrole nitrogens is 2. The molecule has 6 heterocycles. The summed E-state index contributed by atoms with van der Waals surface area (Å²) in [6.45, 7) is 45.3. The largest absolute Gasteiger partial charge is 0.377 e. The first kappa shape index (κ1) is 119. The summed E-state index contributed by atoms with van der Waals surface area (Å²) in [5.74, 6) is 3.77. The summed E-state index contributed by atoms with van der Waals surface area (Å²) in [5.41, 5.74) is 24.7. The zero-order valence-electron chi connectivity index (χ0n) is 91.2. The molecule has 6 nitrogen and oxygen atoms in total. The normalized spacial score (nSPS) is 12.0. The van der Waals surface area contributed by atoms with E-state index in [4.69, 9.17) is 4.74 Å². The maximum Gasteiger partial charge on any atom is 0.0716 e. The fraction of sp³-hybridized carbons (Fsp3) is 0.385. The summed E-state index contributed by atoms with van der Waals surface area (Å²) in [6, 6.07) is 110. The molecule has 0 aliphatic heterocycles. The SMILES string of the molecule is CC1CCc2ccccc2CC1.CCC(C)C.CCC(C)C.CCC1CCCCC1.CCOCc1ccccc1.CCc1c(C)[nH]c2ccccc12.CCc1c[nH]c2ccccc12.CCc1ccc2c(c1)CCCC2.CCc1ccc2ccccc2c1.CCc1ccc2ccccc2n1.CCc1cccc2ccccc12.CCc1ccccc1.CCc1ccccn1.CCc1cccnc1.CCc1cccs1. The average molecular weight is 1920 g/mol. The highest BCUT2D eigenvalue weighted by atomic mass is 32.1. The molecular formula is C135H179N5OS. The predicted octanol–water partition coefficient (Wildman–Crippen LogP) is 38.9. The molecule has 3 aliphatic rings. The molecule has 11 aromatic carbocycles. The van der Waals surface area contributed by atoms with Crippen LogP contribution in [0, 0.1) is 30.6 Å². The molecule has 20 rings (SSSR count). The van der Waals surface area contributed by atoms with Crippen LogP contribution in [0.2, 0.25) is 0 Å². The van der Waals surface area contributed by atoms with E-state index < -0.39 is 0 Å². The first-order valence-electron chi connectivity index (χ1n) is 54.4. The summed E-state index contributed by atoms with van der Waals surface area (Å²) < 4.78 is 5.22. The highest BCUT2D eigenvalue weighted by Gasteiger charge is 2.14. The van der Waals surface area contributed by atoms with Gasteiger partial charge in [-0.2, -0.15) is 0 Å².